The van der Waals surface area contributed by atoms with Gasteiger partial charge >= 0.3 is 0 Å². The highest BCUT2D eigenvalue weighted by molar-refractivity contribution is 7.95. The van der Waals surface area contributed by atoms with E-state index in [4.69, 9.17) is 0 Å². The molecule has 0 bridgehead atoms. The average Bonchev–Trinajstić information content (AvgIpc) is 3.50. The Bertz CT molecular complexity index is 1130. The van der Waals surface area contributed by atoms with Crippen LogP contribution in [0, 0.1) is 0 Å². The minimum atomic E-state index is -1.68. The zero-order valence-corrected chi connectivity index (χ0v) is 26.9. The largest absolute Gasteiger partial charge is 0.252 e. The van der Waals surface area contributed by atoms with Crippen LogP contribution in [0.4, 0.5) is 0 Å². The summed E-state index contributed by atoms with van der Waals surface area (Å²) < 4.78 is 2.06. The van der Waals surface area contributed by atoms with E-state index >= 15 is 0 Å². The third kappa shape index (κ3) is 9.91. The lowest BCUT2D eigenvalue weighted by Crippen LogP contribution is -2.33. The van der Waals surface area contributed by atoms with Crippen molar-refractivity contribution in [3.63, 3.8) is 0 Å². The fourth-order valence-corrected chi connectivity index (χ4v) is 10.6. The molecular weight excluding hydrogens is 529 g/mol. The Morgan fingerprint density at radius 1 is 0.524 bits per heavy atom. The van der Waals surface area contributed by atoms with Crippen molar-refractivity contribution in [2.75, 3.05) is 6.16 Å². The number of unbranched alkanes of at least 4 members (excludes halogenated alkanes) is 12. The van der Waals surface area contributed by atoms with E-state index in [-0.39, 0.29) is 0 Å². The van der Waals surface area contributed by atoms with Gasteiger partial charge in [-0.2, -0.15) is 0 Å². The molecule has 4 aromatic rings. The lowest BCUT2D eigenvalue weighted by molar-refractivity contribution is 0.511. The maximum Gasteiger partial charge on any atom is 0.112 e. The highest BCUT2D eigenvalue weighted by Crippen LogP contribution is 2.56. The van der Waals surface area contributed by atoms with E-state index < -0.39 is 7.26 Å². The lowest BCUT2D eigenvalue weighted by Gasteiger charge is -2.27. The first-order valence-electron chi connectivity index (χ1n) is 16.8. The Kier molecular flexibility index (Phi) is 14.3. The van der Waals surface area contributed by atoms with Crippen molar-refractivity contribution in [1.29, 1.82) is 0 Å². The molecular formula is C38H53N3P+. The van der Waals surface area contributed by atoms with Crippen LogP contribution in [0.1, 0.15) is 103 Å². The molecule has 0 radical (unpaired) electrons. The van der Waals surface area contributed by atoms with E-state index in [1.165, 1.54) is 118 Å². The third-order valence-corrected chi connectivity index (χ3v) is 13.1. The van der Waals surface area contributed by atoms with Crippen LogP contribution >= 0.6 is 7.26 Å². The van der Waals surface area contributed by atoms with E-state index in [9.17, 15) is 0 Å². The van der Waals surface area contributed by atoms with Gasteiger partial charge in [-0.05, 0) is 68.5 Å². The van der Waals surface area contributed by atoms with Crippen molar-refractivity contribution in [2.45, 2.75) is 110 Å². The van der Waals surface area contributed by atoms with Crippen molar-refractivity contribution < 1.29 is 0 Å². The maximum absolute atomic E-state index is 4.40. The molecule has 0 saturated heterocycles. The SMILES string of the molecule is CCCCCCCCc1cn(CCCCCCCCCC[P+](c2ccccc2)(c2ccccc2)c2ccccc2)nn1. The van der Waals surface area contributed by atoms with Gasteiger partial charge < -0.3 is 0 Å². The Labute approximate surface area is 256 Å². The number of hydrogen-bond donors (Lipinski definition) is 0. The quantitative estimate of drug-likeness (QED) is 0.0724. The van der Waals surface area contributed by atoms with E-state index in [2.05, 4.69) is 119 Å². The topological polar surface area (TPSA) is 30.7 Å². The predicted molar refractivity (Wildman–Crippen MR) is 184 cm³/mol. The maximum atomic E-state index is 4.40. The van der Waals surface area contributed by atoms with Crippen molar-refractivity contribution >= 4 is 23.2 Å². The minimum Gasteiger partial charge on any atom is -0.252 e. The number of aryl methyl sites for hydroxylation is 2. The first kappa shape index (κ1) is 32.2. The van der Waals surface area contributed by atoms with Gasteiger partial charge in [0.1, 0.15) is 23.2 Å². The first-order valence-corrected chi connectivity index (χ1v) is 18.7. The monoisotopic (exact) mass is 582 g/mol. The third-order valence-electron chi connectivity index (χ3n) is 8.59. The molecule has 0 aliphatic heterocycles. The molecule has 0 spiro atoms. The highest BCUT2D eigenvalue weighted by atomic mass is 31.2. The normalized spacial score (nSPS) is 11.6. The number of hydrogen-bond acceptors (Lipinski definition) is 2. The van der Waals surface area contributed by atoms with Gasteiger partial charge in [0.25, 0.3) is 0 Å². The summed E-state index contributed by atoms with van der Waals surface area (Å²) >= 11 is 0. The summed E-state index contributed by atoms with van der Waals surface area (Å²) in [6, 6.07) is 33.9. The number of nitrogens with zero attached hydrogens (tertiary/aromatic N) is 3. The molecule has 1 aromatic heterocycles. The summed E-state index contributed by atoms with van der Waals surface area (Å²) in [4.78, 5) is 0. The van der Waals surface area contributed by atoms with Crippen molar-refractivity contribution in [3.8, 4) is 0 Å². The number of benzene rings is 3. The van der Waals surface area contributed by atoms with Crippen LogP contribution in [0.15, 0.2) is 97.2 Å². The summed E-state index contributed by atoms with van der Waals surface area (Å²) in [7, 11) is -1.68. The van der Waals surface area contributed by atoms with Crippen LogP contribution in [0.5, 0.6) is 0 Å². The molecule has 3 aromatic carbocycles. The molecule has 4 rings (SSSR count). The van der Waals surface area contributed by atoms with E-state index in [1.54, 1.807) is 0 Å². The van der Waals surface area contributed by atoms with E-state index in [1.807, 2.05) is 0 Å². The van der Waals surface area contributed by atoms with Crippen LogP contribution in [-0.4, -0.2) is 21.2 Å². The van der Waals surface area contributed by atoms with Gasteiger partial charge in [0.15, 0.2) is 0 Å². The molecule has 0 aliphatic carbocycles. The molecule has 0 N–H and O–H groups in total. The second-order valence-corrected chi connectivity index (χ2v) is 15.5. The number of rotatable bonds is 21. The van der Waals surface area contributed by atoms with Crippen LogP contribution in [-0.2, 0) is 13.0 Å². The number of aromatic nitrogens is 3. The average molecular weight is 583 g/mol. The fraction of sp³-hybridized carbons (Fsp3) is 0.474. The van der Waals surface area contributed by atoms with Gasteiger partial charge in [-0.15, -0.1) is 5.10 Å². The van der Waals surface area contributed by atoms with Gasteiger partial charge in [-0.25, -0.2) is 0 Å². The summed E-state index contributed by atoms with van der Waals surface area (Å²) in [5, 5.41) is 13.3. The second kappa shape index (κ2) is 18.7. The van der Waals surface area contributed by atoms with Crippen molar-refractivity contribution in [2.24, 2.45) is 0 Å². The molecule has 0 fully saturated rings. The molecule has 0 saturated carbocycles. The Balaban J connectivity index is 1.16. The lowest BCUT2D eigenvalue weighted by atomic mass is 10.1. The molecule has 0 unspecified atom stereocenters. The summed E-state index contributed by atoms with van der Waals surface area (Å²) in [6.07, 6.45) is 22.9. The Hall–Kier alpha value is -2.77. The molecule has 1 heterocycles. The van der Waals surface area contributed by atoms with Crippen LogP contribution in [0.2, 0.25) is 0 Å². The van der Waals surface area contributed by atoms with E-state index in [0.29, 0.717) is 0 Å². The molecule has 42 heavy (non-hydrogen) atoms. The van der Waals surface area contributed by atoms with Gasteiger partial charge in [0.2, 0.25) is 0 Å². The Morgan fingerprint density at radius 3 is 1.50 bits per heavy atom. The van der Waals surface area contributed by atoms with Gasteiger partial charge in [-0.3, -0.25) is 4.68 Å². The highest BCUT2D eigenvalue weighted by Gasteiger charge is 2.44. The molecule has 0 aliphatic rings. The standard InChI is InChI=1S/C38H53N3P/c1-2-3-4-5-10-16-25-35-34-41(40-39-35)32-23-11-8-6-7-9-12-24-33-42(36-26-17-13-18-27-36,37-28-19-14-20-29-37)38-30-21-15-22-31-38/h13-15,17-22,26-31,34H,2-12,16,23-25,32-33H2,1H3/q+1. The fourth-order valence-electron chi connectivity index (χ4n) is 6.21. The molecule has 0 atom stereocenters. The van der Waals surface area contributed by atoms with Crippen molar-refractivity contribution in [3.05, 3.63) is 103 Å². The minimum absolute atomic E-state index is 1.01. The summed E-state index contributed by atoms with van der Waals surface area (Å²) in [5.41, 5.74) is 1.17. The first-order chi connectivity index (χ1) is 20.8. The summed E-state index contributed by atoms with van der Waals surface area (Å²) in [5.74, 6) is 0. The smallest absolute Gasteiger partial charge is 0.112 e. The van der Waals surface area contributed by atoms with Crippen LogP contribution in [0.3, 0.4) is 0 Å². The van der Waals surface area contributed by atoms with Gasteiger partial charge in [0, 0.05) is 12.7 Å². The second-order valence-electron chi connectivity index (χ2n) is 11.9. The molecule has 3 nitrogen and oxygen atoms in total. The van der Waals surface area contributed by atoms with Gasteiger partial charge in [0.05, 0.1) is 11.9 Å². The molecule has 0 amide bonds. The van der Waals surface area contributed by atoms with Gasteiger partial charge in [-0.1, -0.05) is 131 Å². The van der Waals surface area contributed by atoms with Crippen molar-refractivity contribution in [1.82, 2.24) is 15.0 Å². The predicted octanol–water partition coefficient (Wildman–Crippen LogP) is 9.30. The van der Waals surface area contributed by atoms with Crippen LogP contribution < -0.4 is 15.9 Å². The zero-order valence-electron chi connectivity index (χ0n) is 26.0. The van der Waals surface area contributed by atoms with E-state index in [0.717, 1.165) is 13.0 Å². The zero-order chi connectivity index (χ0) is 29.1. The van der Waals surface area contributed by atoms with Crippen LogP contribution in [0.25, 0.3) is 0 Å². The molecule has 224 valence electrons. The summed E-state index contributed by atoms with van der Waals surface area (Å²) in [6.45, 7) is 3.28. The molecule has 4 heteroatoms. The Morgan fingerprint density at radius 2 is 0.976 bits per heavy atom.